The van der Waals surface area contributed by atoms with Crippen molar-refractivity contribution in [3.63, 3.8) is 0 Å². The summed E-state index contributed by atoms with van der Waals surface area (Å²) in [6, 6.07) is 5.59. The van der Waals surface area contributed by atoms with E-state index in [2.05, 4.69) is 4.99 Å². The molecule has 0 aliphatic carbocycles. The number of benzene rings is 1. The summed E-state index contributed by atoms with van der Waals surface area (Å²) in [5.74, 6) is 1.42. The number of ether oxygens (including phenoxy) is 2. The molecule has 0 saturated heterocycles. The second-order valence-electron chi connectivity index (χ2n) is 3.77. The number of hydrogen-bond donors (Lipinski definition) is 3. The lowest BCUT2D eigenvalue weighted by molar-refractivity contribution is 0.173. The van der Waals surface area contributed by atoms with E-state index in [-0.39, 0.29) is 18.7 Å². The van der Waals surface area contributed by atoms with Crippen LogP contribution in [0, 0.1) is 5.41 Å². The number of nitrogens with two attached hydrogens (primary N) is 2. The zero-order valence-electron chi connectivity index (χ0n) is 10.0. The molecular weight excluding hydrogens is 234 g/mol. The number of fused-ring (bicyclic) bond motifs is 1. The molecule has 0 unspecified atom stereocenters. The lowest BCUT2D eigenvalue weighted by atomic mass is 10.2. The van der Waals surface area contributed by atoms with Crippen LogP contribution in [-0.4, -0.2) is 30.7 Å². The van der Waals surface area contributed by atoms with E-state index in [1.165, 1.54) is 4.90 Å². The van der Waals surface area contributed by atoms with Crippen LogP contribution in [0.1, 0.15) is 5.56 Å². The van der Waals surface area contributed by atoms with E-state index in [1.807, 2.05) is 18.2 Å². The minimum Gasteiger partial charge on any atom is -0.454 e. The van der Waals surface area contributed by atoms with Crippen molar-refractivity contribution >= 4 is 11.9 Å². The molecule has 0 fully saturated rings. The monoisotopic (exact) mass is 249 g/mol. The smallest absolute Gasteiger partial charge is 0.231 e. The van der Waals surface area contributed by atoms with E-state index in [1.54, 1.807) is 7.05 Å². The third-order valence-corrected chi connectivity index (χ3v) is 2.59. The Labute approximate surface area is 104 Å². The van der Waals surface area contributed by atoms with Crippen molar-refractivity contribution in [1.29, 1.82) is 5.41 Å². The van der Waals surface area contributed by atoms with E-state index in [9.17, 15) is 0 Å². The van der Waals surface area contributed by atoms with Crippen LogP contribution >= 0.6 is 0 Å². The molecule has 7 nitrogen and oxygen atoms in total. The Morgan fingerprint density at radius 1 is 1.44 bits per heavy atom. The fraction of sp³-hybridized carbons (Fsp3) is 0.273. The molecule has 1 aromatic rings. The zero-order chi connectivity index (χ0) is 13.1. The summed E-state index contributed by atoms with van der Waals surface area (Å²) in [5.41, 5.74) is 11.9. The molecule has 1 aliphatic heterocycles. The van der Waals surface area contributed by atoms with Gasteiger partial charge in [-0.3, -0.25) is 10.3 Å². The number of nitrogens with zero attached hydrogens (tertiary/aromatic N) is 2. The standard InChI is InChI=1S/C11H15N5O2/c1-16(10(12)13)11(14)15-5-7-3-2-4-8-9(7)18-6-17-8/h2-4H,5-6H2,1H3,(H3,12,13)(H2,14,15). The lowest BCUT2D eigenvalue weighted by Crippen LogP contribution is -2.42. The fourth-order valence-corrected chi connectivity index (χ4v) is 1.51. The van der Waals surface area contributed by atoms with Crippen LogP contribution in [0.3, 0.4) is 0 Å². The number of hydrogen-bond acceptors (Lipinski definition) is 4. The molecular formula is C11H15N5O2. The van der Waals surface area contributed by atoms with Crippen LogP contribution in [0.25, 0.3) is 0 Å². The van der Waals surface area contributed by atoms with Crippen molar-refractivity contribution in [2.45, 2.75) is 6.54 Å². The van der Waals surface area contributed by atoms with Crippen LogP contribution in [-0.2, 0) is 6.54 Å². The topological polar surface area (TPSA) is 110 Å². The van der Waals surface area contributed by atoms with Crippen LogP contribution in [0.5, 0.6) is 11.5 Å². The molecule has 0 spiro atoms. The molecule has 0 radical (unpaired) electrons. The van der Waals surface area contributed by atoms with Gasteiger partial charge in [0.25, 0.3) is 0 Å². The maximum Gasteiger partial charge on any atom is 0.231 e. The van der Waals surface area contributed by atoms with E-state index in [0.717, 1.165) is 5.56 Å². The minimum atomic E-state index is -0.158. The van der Waals surface area contributed by atoms with Crippen molar-refractivity contribution in [1.82, 2.24) is 4.90 Å². The third-order valence-electron chi connectivity index (χ3n) is 2.59. The summed E-state index contributed by atoms with van der Waals surface area (Å²) in [6.07, 6.45) is 0. The first-order chi connectivity index (χ1) is 8.59. The number of para-hydroxylation sites is 1. The quantitative estimate of drug-likeness (QED) is 0.507. The second-order valence-corrected chi connectivity index (χ2v) is 3.77. The number of rotatable bonds is 2. The van der Waals surface area contributed by atoms with Crippen molar-refractivity contribution in [3.05, 3.63) is 23.8 Å². The molecule has 0 bridgehead atoms. The predicted octanol–water partition coefficient (Wildman–Crippen LogP) is 0.0553. The Hall–Kier alpha value is -2.44. The van der Waals surface area contributed by atoms with Crippen LogP contribution in [0.15, 0.2) is 23.2 Å². The average Bonchev–Trinajstić information content (AvgIpc) is 2.83. The first-order valence-electron chi connectivity index (χ1n) is 5.34. The van der Waals surface area contributed by atoms with Gasteiger partial charge in [0.05, 0.1) is 6.54 Å². The predicted molar refractivity (Wildman–Crippen MR) is 67.6 cm³/mol. The highest BCUT2D eigenvalue weighted by molar-refractivity contribution is 5.95. The van der Waals surface area contributed by atoms with Gasteiger partial charge in [0.1, 0.15) is 0 Å². The fourth-order valence-electron chi connectivity index (χ4n) is 1.51. The maximum atomic E-state index is 7.23. The molecule has 7 heteroatoms. The maximum absolute atomic E-state index is 7.23. The molecule has 0 amide bonds. The van der Waals surface area contributed by atoms with Crippen molar-refractivity contribution in [3.8, 4) is 11.5 Å². The van der Waals surface area contributed by atoms with E-state index in [0.29, 0.717) is 18.0 Å². The van der Waals surface area contributed by atoms with E-state index < -0.39 is 0 Å². The average molecular weight is 249 g/mol. The Kier molecular flexibility index (Phi) is 3.22. The lowest BCUT2D eigenvalue weighted by Gasteiger charge is -2.15. The molecule has 0 atom stereocenters. The summed E-state index contributed by atoms with van der Waals surface area (Å²) in [5, 5.41) is 7.23. The zero-order valence-corrected chi connectivity index (χ0v) is 10.0. The highest BCUT2D eigenvalue weighted by Gasteiger charge is 2.16. The third kappa shape index (κ3) is 2.29. The van der Waals surface area contributed by atoms with Gasteiger partial charge < -0.3 is 20.9 Å². The molecule has 96 valence electrons. The van der Waals surface area contributed by atoms with E-state index in [4.69, 9.17) is 26.4 Å². The van der Waals surface area contributed by atoms with Crippen LogP contribution < -0.4 is 20.9 Å². The molecule has 18 heavy (non-hydrogen) atoms. The summed E-state index contributed by atoms with van der Waals surface area (Å²) in [7, 11) is 1.58. The van der Waals surface area contributed by atoms with E-state index >= 15 is 0 Å². The largest absolute Gasteiger partial charge is 0.454 e. The Bertz CT molecular complexity index is 500. The molecule has 1 heterocycles. The summed E-state index contributed by atoms with van der Waals surface area (Å²) < 4.78 is 10.6. The molecule has 1 aliphatic rings. The van der Waals surface area contributed by atoms with Gasteiger partial charge in [-0.2, -0.15) is 0 Å². The highest BCUT2D eigenvalue weighted by atomic mass is 16.7. The Balaban J connectivity index is 2.14. The van der Waals surface area contributed by atoms with Gasteiger partial charge in [0, 0.05) is 12.6 Å². The normalized spacial score (nSPS) is 13.5. The number of aliphatic imine (C=N–C) groups is 1. The SMILES string of the molecule is CN(C(=N)N)C(N)=NCc1cccc2c1OCO2. The van der Waals surface area contributed by atoms with Crippen molar-refractivity contribution in [2.24, 2.45) is 16.5 Å². The van der Waals surface area contributed by atoms with Gasteiger partial charge in [-0.25, -0.2) is 4.99 Å². The number of nitrogens with one attached hydrogen (secondary N) is 1. The van der Waals surface area contributed by atoms with Gasteiger partial charge in [-0.1, -0.05) is 12.1 Å². The summed E-state index contributed by atoms with van der Waals surface area (Å²) >= 11 is 0. The Morgan fingerprint density at radius 3 is 2.94 bits per heavy atom. The van der Waals surface area contributed by atoms with Crippen LogP contribution in [0.4, 0.5) is 0 Å². The molecule has 2 rings (SSSR count). The van der Waals surface area contributed by atoms with Gasteiger partial charge >= 0.3 is 0 Å². The van der Waals surface area contributed by atoms with Gasteiger partial charge in [0.15, 0.2) is 23.4 Å². The first kappa shape index (κ1) is 12.0. The van der Waals surface area contributed by atoms with Crippen molar-refractivity contribution in [2.75, 3.05) is 13.8 Å². The van der Waals surface area contributed by atoms with Crippen LogP contribution in [0.2, 0.25) is 0 Å². The number of guanidine groups is 2. The molecule has 1 aromatic carbocycles. The molecule has 5 N–H and O–H groups in total. The molecule has 0 aromatic heterocycles. The second kappa shape index (κ2) is 4.82. The Morgan fingerprint density at radius 2 is 2.22 bits per heavy atom. The van der Waals surface area contributed by atoms with Gasteiger partial charge in [-0.15, -0.1) is 0 Å². The minimum absolute atomic E-state index is 0.158. The highest BCUT2D eigenvalue weighted by Crippen LogP contribution is 2.35. The summed E-state index contributed by atoms with van der Waals surface area (Å²) in [6.45, 7) is 0.564. The van der Waals surface area contributed by atoms with Crippen molar-refractivity contribution < 1.29 is 9.47 Å². The summed E-state index contributed by atoms with van der Waals surface area (Å²) in [4.78, 5) is 5.45. The van der Waals surface area contributed by atoms with Gasteiger partial charge in [-0.05, 0) is 6.07 Å². The first-order valence-corrected chi connectivity index (χ1v) is 5.34. The van der Waals surface area contributed by atoms with Gasteiger partial charge in [0.2, 0.25) is 6.79 Å². The molecule has 0 saturated carbocycles.